The number of benzene rings is 1. The molecule has 0 fully saturated rings. The molecule has 2 unspecified atom stereocenters. The number of hydrogen-bond acceptors (Lipinski definition) is 3. The van der Waals surface area contributed by atoms with Crippen LogP contribution < -0.4 is 5.73 Å². The summed E-state index contributed by atoms with van der Waals surface area (Å²) in [5.41, 5.74) is 6.26. The molecule has 0 spiro atoms. The summed E-state index contributed by atoms with van der Waals surface area (Å²) in [5, 5.41) is 0.575. The molecule has 0 heterocycles. The molecule has 1 rings (SSSR count). The molecule has 0 aliphatic heterocycles. The summed E-state index contributed by atoms with van der Waals surface area (Å²) >= 11 is 5.79. The van der Waals surface area contributed by atoms with Gasteiger partial charge in [-0.2, -0.15) is 0 Å². The second-order valence-corrected chi connectivity index (χ2v) is 5.85. The Labute approximate surface area is 103 Å². The Hall–Kier alpha value is -0.580. The average molecular weight is 262 g/mol. The number of halogens is 1. The highest BCUT2D eigenvalue weighted by Crippen LogP contribution is 2.23. The molecule has 90 valence electrons. The molecule has 0 saturated heterocycles. The highest BCUT2D eigenvalue weighted by Gasteiger charge is 2.15. The Morgan fingerprint density at radius 2 is 2.25 bits per heavy atom. The van der Waals surface area contributed by atoms with Gasteiger partial charge < -0.3 is 10.5 Å². The van der Waals surface area contributed by atoms with E-state index in [1.165, 1.54) is 0 Å². The zero-order valence-electron chi connectivity index (χ0n) is 9.40. The number of nitrogens with two attached hydrogens (primary N) is 1. The van der Waals surface area contributed by atoms with Crippen LogP contribution in [-0.2, 0) is 15.5 Å². The first-order valence-electron chi connectivity index (χ1n) is 5.00. The van der Waals surface area contributed by atoms with Crippen molar-refractivity contribution in [2.24, 2.45) is 0 Å². The minimum Gasteiger partial charge on any atom is -0.398 e. The summed E-state index contributed by atoms with van der Waals surface area (Å²) in [6.07, 6.45) is 0.741. The fourth-order valence-corrected chi connectivity index (χ4v) is 2.73. The van der Waals surface area contributed by atoms with Crippen LogP contribution in [0.25, 0.3) is 0 Å². The van der Waals surface area contributed by atoms with Crippen molar-refractivity contribution in [3.05, 3.63) is 23.2 Å². The molecular formula is C11H16ClNO2S. The number of methoxy groups -OCH3 is 1. The molecule has 0 saturated carbocycles. The third-order valence-electron chi connectivity index (χ3n) is 2.28. The molecule has 16 heavy (non-hydrogen) atoms. The lowest BCUT2D eigenvalue weighted by molar-refractivity contribution is 0.195. The van der Waals surface area contributed by atoms with Gasteiger partial charge in [-0.25, -0.2) is 0 Å². The fraction of sp³-hybridized carbons (Fsp3) is 0.455. The molecule has 0 bridgehead atoms. The number of rotatable bonds is 5. The Balaban J connectivity index is 2.79. The van der Waals surface area contributed by atoms with Gasteiger partial charge in [0.1, 0.15) is 0 Å². The van der Waals surface area contributed by atoms with E-state index in [-0.39, 0.29) is 5.25 Å². The third kappa shape index (κ3) is 3.47. The van der Waals surface area contributed by atoms with Crippen LogP contribution in [0.4, 0.5) is 5.69 Å². The maximum Gasteiger partial charge on any atom is 0.0621 e. The molecule has 0 amide bonds. The van der Waals surface area contributed by atoms with E-state index in [0.717, 1.165) is 6.42 Å². The minimum absolute atomic E-state index is 0.0171. The molecule has 0 aliphatic carbocycles. The van der Waals surface area contributed by atoms with Gasteiger partial charge in [0.05, 0.1) is 15.7 Å². The molecule has 5 heteroatoms. The first kappa shape index (κ1) is 13.5. The van der Waals surface area contributed by atoms with Gasteiger partial charge in [0.15, 0.2) is 0 Å². The van der Waals surface area contributed by atoms with E-state index in [4.69, 9.17) is 22.1 Å². The van der Waals surface area contributed by atoms with Crippen LogP contribution in [0, 0.1) is 0 Å². The van der Waals surface area contributed by atoms with Crippen LogP contribution in [0.2, 0.25) is 5.02 Å². The summed E-state index contributed by atoms with van der Waals surface area (Å²) in [7, 11) is 0.518. The quantitative estimate of drug-likeness (QED) is 0.829. The summed E-state index contributed by atoms with van der Waals surface area (Å²) in [4.78, 5) is 0.646. The second-order valence-electron chi connectivity index (χ2n) is 3.57. The lowest BCUT2D eigenvalue weighted by Gasteiger charge is -2.12. The third-order valence-corrected chi connectivity index (χ3v) is 4.29. The first-order chi connectivity index (χ1) is 7.56. The van der Waals surface area contributed by atoms with Crippen molar-refractivity contribution >= 4 is 28.1 Å². The van der Waals surface area contributed by atoms with E-state index in [1.54, 1.807) is 25.3 Å². The van der Waals surface area contributed by atoms with E-state index in [9.17, 15) is 4.21 Å². The van der Waals surface area contributed by atoms with Crippen molar-refractivity contribution in [2.75, 3.05) is 19.5 Å². The maximum atomic E-state index is 12.1. The maximum absolute atomic E-state index is 12.1. The topological polar surface area (TPSA) is 52.3 Å². The van der Waals surface area contributed by atoms with Crippen LogP contribution in [0.1, 0.15) is 13.3 Å². The summed E-state index contributed by atoms with van der Waals surface area (Å²) in [5.74, 6) is 0. The fourth-order valence-electron chi connectivity index (χ4n) is 1.31. The molecular weight excluding hydrogens is 246 g/mol. The monoisotopic (exact) mass is 261 g/mol. The highest BCUT2D eigenvalue weighted by atomic mass is 35.5. The molecule has 2 atom stereocenters. The predicted molar refractivity (Wildman–Crippen MR) is 68.2 cm³/mol. The van der Waals surface area contributed by atoms with Gasteiger partial charge in [0, 0.05) is 29.7 Å². The van der Waals surface area contributed by atoms with E-state index in [2.05, 4.69) is 0 Å². The van der Waals surface area contributed by atoms with Crippen LogP contribution in [0.5, 0.6) is 0 Å². The van der Waals surface area contributed by atoms with Gasteiger partial charge >= 0.3 is 0 Å². The van der Waals surface area contributed by atoms with E-state index in [0.29, 0.717) is 22.2 Å². The molecule has 0 aliphatic rings. The van der Waals surface area contributed by atoms with Crippen molar-refractivity contribution in [1.82, 2.24) is 0 Å². The zero-order chi connectivity index (χ0) is 12.1. The first-order valence-corrected chi connectivity index (χ1v) is 6.60. The van der Waals surface area contributed by atoms with Gasteiger partial charge in [-0.05, 0) is 24.6 Å². The van der Waals surface area contributed by atoms with Crippen LogP contribution in [-0.4, -0.2) is 23.2 Å². The van der Waals surface area contributed by atoms with Crippen molar-refractivity contribution in [1.29, 1.82) is 0 Å². The van der Waals surface area contributed by atoms with Crippen molar-refractivity contribution < 1.29 is 8.95 Å². The number of ether oxygens (including phenoxy) is 1. The Morgan fingerprint density at radius 1 is 1.56 bits per heavy atom. The predicted octanol–water partition coefficient (Wildman–Crippen LogP) is 2.45. The summed E-state index contributed by atoms with van der Waals surface area (Å²) in [6, 6.07) is 5.04. The number of hydrogen-bond donors (Lipinski definition) is 1. The standard InChI is InChI=1S/C11H16ClNO2S/c1-8(5-6-15-2)16(14)11-4-3-9(12)7-10(11)13/h3-4,7-8H,5-6,13H2,1-2H3. The lowest BCUT2D eigenvalue weighted by Crippen LogP contribution is -2.14. The van der Waals surface area contributed by atoms with E-state index < -0.39 is 10.8 Å². The van der Waals surface area contributed by atoms with Gasteiger partial charge in [0.25, 0.3) is 0 Å². The van der Waals surface area contributed by atoms with Crippen molar-refractivity contribution in [2.45, 2.75) is 23.5 Å². The molecule has 1 aromatic carbocycles. The van der Waals surface area contributed by atoms with Gasteiger partial charge in [-0.3, -0.25) is 4.21 Å². The van der Waals surface area contributed by atoms with Crippen molar-refractivity contribution in [3.8, 4) is 0 Å². The zero-order valence-corrected chi connectivity index (χ0v) is 11.0. The molecule has 1 aromatic rings. The Bertz CT molecular complexity index is 384. The summed E-state index contributed by atoms with van der Waals surface area (Å²) < 4.78 is 17.1. The van der Waals surface area contributed by atoms with E-state index >= 15 is 0 Å². The minimum atomic E-state index is -1.11. The molecule has 3 nitrogen and oxygen atoms in total. The summed E-state index contributed by atoms with van der Waals surface area (Å²) in [6.45, 7) is 2.52. The normalized spacial score (nSPS) is 14.7. The van der Waals surface area contributed by atoms with Gasteiger partial charge in [0.2, 0.25) is 0 Å². The van der Waals surface area contributed by atoms with Crippen LogP contribution >= 0.6 is 11.6 Å². The van der Waals surface area contributed by atoms with E-state index in [1.807, 2.05) is 6.92 Å². The highest BCUT2D eigenvalue weighted by molar-refractivity contribution is 7.85. The van der Waals surface area contributed by atoms with Gasteiger partial charge in [-0.15, -0.1) is 0 Å². The van der Waals surface area contributed by atoms with Crippen molar-refractivity contribution in [3.63, 3.8) is 0 Å². The molecule has 0 aromatic heterocycles. The molecule has 2 N–H and O–H groups in total. The molecule has 0 radical (unpaired) electrons. The SMILES string of the molecule is COCCC(C)S(=O)c1ccc(Cl)cc1N. The second kappa shape index (κ2) is 6.23. The Morgan fingerprint density at radius 3 is 2.81 bits per heavy atom. The number of anilines is 1. The van der Waals surface area contributed by atoms with Crippen LogP contribution in [0.3, 0.4) is 0 Å². The van der Waals surface area contributed by atoms with Gasteiger partial charge in [-0.1, -0.05) is 18.5 Å². The Kier molecular flexibility index (Phi) is 5.25. The largest absolute Gasteiger partial charge is 0.398 e. The lowest BCUT2D eigenvalue weighted by atomic mass is 10.3. The van der Waals surface area contributed by atoms with Crippen LogP contribution in [0.15, 0.2) is 23.1 Å². The smallest absolute Gasteiger partial charge is 0.0621 e. The number of nitrogen functional groups attached to an aromatic ring is 1. The average Bonchev–Trinajstić information content (AvgIpc) is 2.25.